The Labute approximate surface area is 192 Å². The minimum atomic E-state index is -4.43. The summed E-state index contributed by atoms with van der Waals surface area (Å²) in [5.41, 5.74) is 0.396. The molecule has 1 aliphatic heterocycles. The van der Waals surface area contributed by atoms with Gasteiger partial charge in [0, 0.05) is 23.5 Å². The quantitative estimate of drug-likeness (QED) is 0.520. The average Bonchev–Trinajstić information content (AvgIpc) is 3.19. The number of fused-ring (bicyclic) bond motifs is 3. The van der Waals surface area contributed by atoms with E-state index in [2.05, 4.69) is 4.98 Å². The summed E-state index contributed by atoms with van der Waals surface area (Å²) in [6.45, 7) is 1.44. The molecule has 5 nitrogen and oxygen atoms in total. The number of hydrogen-bond donors (Lipinski definition) is 0. The van der Waals surface area contributed by atoms with Gasteiger partial charge >= 0.3 is 6.18 Å². The second-order valence-corrected chi connectivity index (χ2v) is 10.0. The lowest BCUT2D eigenvalue weighted by atomic mass is 9.89. The van der Waals surface area contributed by atoms with E-state index in [0.717, 1.165) is 35.4 Å². The van der Waals surface area contributed by atoms with E-state index in [1.807, 2.05) is 0 Å². The molecule has 33 heavy (non-hydrogen) atoms. The summed E-state index contributed by atoms with van der Waals surface area (Å²) in [5, 5.41) is 0.662. The fourth-order valence-electron chi connectivity index (χ4n) is 4.95. The van der Waals surface area contributed by atoms with Crippen molar-refractivity contribution in [2.45, 2.75) is 57.8 Å². The first-order valence-electron chi connectivity index (χ1n) is 11.3. The van der Waals surface area contributed by atoms with Gasteiger partial charge in [-0.15, -0.1) is 11.3 Å². The van der Waals surface area contributed by atoms with Gasteiger partial charge in [0.25, 0.3) is 11.5 Å². The van der Waals surface area contributed by atoms with Crippen LogP contribution in [0.5, 0.6) is 0 Å². The van der Waals surface area contributed by atoms with Crippen LogP contribution in [0.1, 0.15) is 58.5 Å². The maximum Gasteiger partial charge on any atom is 0.416 e. The minimum Gasteiger partial charge on any atom is -0.333 e. The fourth-order valence-corrected chi connectivity index (χ4v) is 6.15. The molecule has 2 aliphatic rings. The van der Waals surface area contributed by atoms with E-state index in [1.54, 1.807) is 15.8 Å². The van der Waals surface area contributed by atoms with E-state index in [-0.39, 0.29) is 17.0 Å². The number of rotatable bonds is 3. The minimum absolute atomic E-state index is 0.00871. The molecule has 0 spiro atoms. The number of benzene rings is 1. The molecule has 1 aliphatic carbocycles. The van der Waals surface area contributed by atoms with Crippen molar-refractivity contribution in [2.75, 3.05) is 6.54 Å². The summed E-state index contributed by atoms with van der Waals surface area (Å²) in [5.74, 6) is 0.205. The molecule has 1 saturated carbocycles. The molecule has 0 saturated heterocycles. The zero-order chi connectivity index (χ0) is 23.2. The second-order valence-electron chi connectivity index (χ2n) is 8.94. The molecule has 1 fully saturated rings. The Morgan fingerprint density at radius 2 is 1.85 bits per heavy atom. The number of hydrogen-bond acceptors (Lipinski definition) is 4. The summed E-state index contributed by atoms with van der Waals surface area (Å²) in [7, 11) is 0. The van der Waals surface area contributed by atoms with Crippen molar-refractivity contribution in [1.82, 2.24) is 14.5 Å². The highest BCUT2D eigenvalue weighted by atomic mass is 32.1. The van der Waals surface area contributed by atoms with Gasteiger partial charge in [-0.05, 0) is 55.0 Å². The first kappa shape index (κ1) is 22.1. The van der Waals surface area contributed by atoms with E-state index in [0.29, 0.717) is 42.2 Å². The van der Waals surface area contributed by atoms with Crippen LogP contribution in [0.15, 0.2) is 35.4 Å². The molecule has 3 aromatic rings. The van der Waals surface area contributed by atoms with Crippen LogP contribution in [0.4, 0.5) is 13.2 Å². The maximum absolute atomic E-state index is 13.2. The van der Waals surface area contributed by atoms with Crippen LogP contribution < -0.4 is 5.56 Å². The molecule has 1 aromatic carbocycles. The van der Waals surface area contributed by atoms with Crippen molar-refractivity contribution >= 4 is 27.5 Å². The number of aromatic nitrogens is 2. The van der Waals surface area contributed by atoms with Crippen LogP contribution in [0, 0.1) is 5.92 Å². The monoisotopic (exact) mass is 475 g/mol. The van der Waals surface area contributed by atoms with E-state index in [9.17, 15) is 22.8 Å². The zero-order valence-corrected chi connectivity index (χ0v) is 18.8. The van der Waals surface area contributed by atoms with Crippen molar-refractivity contribution in [3.63, 3.8) is 0 Å². The second kappa shape index (κ2) is 8.59. The SMILES string of the molecule is O=C(c1ccc(C(F)(F)F)cc1)N1CCc2c(sc3ncn(CC4CCCCC4)c(=O)c23)C1. The third kappa shape index (κ3) is 4.30. The Bertz CT molecular complexity index is 1240. The summed E-state index contributed by atoms with van der Waals surface area (Å²) < 4.78 is 40.2. The molecule has 0 bridgehead atoms. The molecule has 174 valence electrons. The lowest BCUT2D eigenvalue weighted by molar-refractivity contribution is -0.137. The van der Waals surface area contributed by atoms with Crippen molar-refractivity contribution in [3.8, 4) is 0 Å². The number of halogens is 3. The van der Waals surface area contributed by atoms with E-state index in [4.69, 9.17) is 0 Å². The highest BCUT2D eigenvalue weighted by Crippen LogP contribution is 2.34. The van der Waals surface area contributed by atoms with Crippen LogP contribution in [0.2, 0.25) is 0 Å². The highest BCUT2D eigenvalue weighted by Gasteiger charge is 2.31. The molecule has 0 atom stereocenters. The van der Waals surface area contributed by atoms with Crippen LogP contribution in [0.3, 0.4) is 0 Å². The van der Waals surface area contributed by atoms with Crippen molar-refractivity contribution in [2.24, 2.45) is 5.92 Å². The molecule has 5 rings (SSSR count). The van der Waals surface area contributed by atoms with Crippen molar-refractivity contribution in [1.29, 1.82) is 0 Å². The summed E-state index contributed by atoms with van der Waals surface area (Å²) >= 11 is 1.42. The Kier molecular flexibility index (Phi) is 5.76. The fraction of sp³-hybridized carbons (Fsp3) is 0.458. The van der Waals surface area contributed by atoms with Gasteiger partial charge < -0.3 is 4.90 Å². The smallest absolute Gasteiger partial charge is 0.333 e. The highest BCUT2D eigenvalue weighted by molar-refractivity contribution is 7.18. The molecule has 9 heteroatoms. The van der Waals surface area contributed by atoms with Gasteiger partial charge in [0.1, 0.15) is 4.83 Å². The van der Waals surface area contributed by atoms with Crippen LogP contribution in [-0.2, 0) is 25.7 Å². The Balaban J connectivity index is 1.37. The predicted molar refractivity (Wildman–Crippen MR) is 120 cm³/mol. The van der Waals surface area contributed by atoms with Gasteiger partial charge in [0.05, 0.1) is 23.8 Å². The van der Waals surface area contributed by atoms with Gasteiger partial charge in [-0.1, -0.05) is 19.3 Å². The largest absolute Gasteiger partial charge is 0.416 e. The standard InChI is InChI=1S/C24H24F3N3O2S/c25-24(26,27)17-8-6-16(7-9-17)22(31)29-11-10-18-19(13-29)33-21-20(18)23(32)30(14-28-21)12-15-4-2-1-3-5-15/h6-9,14-15H,1-5,10-13H2. The first-order chi connectivity index (χ1) is 15.8. The van der Waals surface area contributed by atoms with E-state index < -0.39 is 11.7 Å². The number of nitrogens with zero attached hydrogens (tertiary/aromatic N) is 3. The van der Waals surface area contributed by atoms with Crippen LogP contribution in [-0.4, -0.2) is 26.9 Å². The normalized spacial score (nSPS) is 17.4. The van der Waals surface area contributed by atoms with Crippen LogP contribution in [0.25, 0.3) is 10.2 Å². The summed E-state index contributed by atoms with van der Waals surface area (Å²) in [6, 6.07) is 4.30. The average molecular weight is 476 g/mol. The molecule has 3 heterocycles. The molecular formula is C24H24F3N3O2S. The van der Waals surface area contributed by atoms with Gasteiger partial charge in [-0.2, -0.15) is 13.2 Å². The molecule has 0 N–H and O–H groups in total. The van der Waals surface area contributed by atoms with Crippen LogP contribution >= 0.6 is 11.3 Å². The Morgan fingerprint density at radius 1 is 1.12 bits per heavy atom. The Morgan fingerprint density at radius 3 is 2.55 bits per heavy atom. The number of carbonyl (C=O) groups excluding carboxylic acids is 1. The first-order valence-corrected chi connectivity index (χ1v) is 12.1. The van der Waals surface area contributed by atoms with Gasteiger partial charge in [-0.25, -0.2) is 4.98 Å². The summed E-state index contributed by atoms with van der Waals surface area (Å²) in [6.07, 6.45) is 3.73. The lowest BCUT2D eigenvalue weighted by Crippen LogP contribution is -2.35. The summed E-state index contributed by atoms with van der Waals surface area (Å²) in [4.78, 5) is 33.9. The number of thiophene rings is 1. The third-order valence-electron chi connectivity index (χ3n) is 6.75. The maximum atomic E-state index is 13.2. The van der Waals surface area contributed by atoms with E-state index >= 15 is 0 Å². The zero-order valence-electron chi connectivity index (χ0n) is 18.0. The van der Waals surface area contributed by atoms with Gasteiger partial charge in [0.2, 0.25) is 0 Å². The third-order valence-corrected chi connectivity index (χ3v) is 7.88. The molecule has 0 unspecified atom stereocenters. The van der Waals surface area contributed by atoms with E-state index in [1.165, 1.54) is 42.7 Å². The molecule has 2 aromatic heterocycles. The molecular weight excluding hydrogens is 451 g/mol. The number of amides is 1. The predicted octanol–water partition coefficient (Wildman–Crippen LogP) is 5.26. The van der Waals surface area contributed by atoms with Gasteiger partial charge in [-0.3, -0.25) is 14.2 Å². The topological polar surface area (TPSA) is 55.2 Å². The van der Waals surface area contributed by atoms with Crippen molar-refractivity contribution < 1.29 is 18.0 Å². The molecule has 0 radical (unpaired) electrons. The molecule has 1 amide bonds. The Hall–Kier alpha value is -2.68. The number of carbonyl (C=O) groups is 1. The number of alkyl halides is 3. The lowest BCUT2D eigenvalue weighted by Gasteiger charge is -2.27. The van der Waals surface area contributed by atoms with Gasteiger partial charge in [0.15, 0.2) is 0 Å². The van der Waals surface area contributed by atoms with Crippen molar-refractivity contribution in [3.05, 3.63) is 62.5 Å².